The van der Waals surface area contributed by atoms with E-state index >= 15 is 0 Å². The minimum atomic E-state index is -4.41. The lowest BCUT2D eigenvalue weighted by Gasteiger charge is -2.13. The fourth-order valence-corrected chi connectivity index (χ4v) is 2.21. The number of nitrogens with one attached hydrogen (secondary N) is 1. The topological polar surface area (TPSA) is 90.0 Å². The molecule has 0 bridgehead atoms. The molecular formula is C14H14F3N7O. The molecule has 1 atom stereocenters. The summed E-state index contributed by atoms with van der Waals surface area (Å²) >= 11 is 0. The number of halogens is 3. The van der Waals surface area contributed by atoms with Crippen LogP contribution in [0, 0.1) is 5.92 Å². The van der Waals surface area contributed by atoms with E-state index < -0.39 is 11.7 Å². The summed E-state index contributed by atoms with van der Waals surface area (Å²) in [6, 6.07) is 1.54. The maximum Gasteiger partial charge on any atom is 0.419 e. The molecule has 3 aromatic heterocycles. The van der Waals surface area contributed by atoms with E-state index in [9.17, 15) is 18.0 Å². The normalized spacial score (nSPS) is 13.1. The Hall–Kier alpha value is -2.98. The average molecular weight is 353 g/mol. The van der Waals surface area contributed by atoms with Gasteiger partial charge in [0.25, 0.3) is 5.91 Å². The Kier molecular flexibility index (Phi) is 4.38. The van der Waals surface area contributed by atoms with Crippen LogP contribution in [-0.4, -0.2) is 42.0 Å². The van der Waals surface area contributed by atoms with Gasteiger partial charge in [-0.2, -0.15) is 23.4 Å². The molecule has 8 nitrogen and oxygen atoms in total. The van der Waals surface area contributed by atoms with Crippen molar-refractivity contribution in [1.29, 1.82) is 0 Å². The maximum atomic E-state index is 12.5. The fourth-order valence-electron chi connectivity index (χ4n) is 2.21. The first-order chi connectivity index (χ1) is 11.8. The molecule has 0 aliphatic heterocycles. The fraction of sp³-hybridized carbons (Fsp3) is 0.357. The Balaban J connectivity index is 1.55. The molecule has 0 aliphatic rings. The minimum Gasteiger partial charge on any atom is -0.352 e. The SMILES string of the molecule is CC(CNC(=O)c1cnn2cnnc2c1)Cn1cc(C(F)(F)F)cn1. The van der Waals surface area contributed by atoms with Crippen LogP contribution in [0.25, 0.3) is 5.65 Å². The predicted octanol–water partition coefficient (Wildman–Crippen LogP) is 1.41. The Morgan fingerprint density at radius 1 is 1.32 bits per heavy atom. The van der Waals surface area contributed by atoms with Gasteiger partial charge in [-0.3, -0.25) is 9.48 Å². The van der Waals surface area contributed by atoms with Gasteiger partial charge in [0.15, 0.2) is 5.65 Å². The third-order valence-corrected chi connectivity index (χ3v) is 3.49. The Labute approximate surface area is 139 Å². The smallest absolute Gasteiger partial charge is 0.352 e. The third-order valence-electron chi connectivity index (χ3n) is 3.49. The van der Waals surface area contributed by atoms with Crippen molar-refractivity contribution in [1.82, 2.24) is 34.9 Å². The molecule has 1 N–H and O–H groups in total. The lowest BCUT2D eigenvalue weighted by atomic mass is 10.1. The second kappa shape index (κ2) is 6.49. The van der Waals surface area contributed by atoms with Gasteiger partial charge >= 0.3 is 6.18 Å². The van der Waals surface area contributed by atoms with E-state index in [1.807, 2.05) is 0 Å². The summed E-state index contributed by atoms with van der Waals surface area (Å²) in [6.07, 6.45) is 0.118. The molecule has 132 valence electrons. The van der Waals surface area contributed by atoms with Gasteiger partial charge in [0.05, 0.1) is 23.5 Å². The number of hydrogen-bond acceptors (Lipinski definition) is 5. The van der Waals surface area contributed by atoms with Crippen molar-refractivity contribution in [3.8, 4) is 0 Å². The van der Waals surface area contributed by atoms with Crippen molar-refractivity contribution < 1.29 is 18.0 Å². The molecule has 1 unspecified atom stereocenters. The van der Waals surface area contributed by atoms with Crippen LogP contribution in [-0.2, 0) is 12.7 Å². The summed E-state index contributed by atoms with van der Waals surface area (Å²) in [5.41, 5.74) is -0.0283. The molecule has 0 saturated heterocycles. The first-order valence-electron chi connectivity index (χ1n) is 7.37. The highest BCUT2D eigenvalue weighted by Crippen LogP contribution is 2.28. The molecule has 3 heterocycles. The Morgan fingerprint density at radius 2 is 2.12 bits per heavy atom. The molecule has 25 heavy (non-hydrogen) atoms. The van der Waals surface area contributed by atoms with Crippen LogP contribution in [0.3, 0.4) is 0 Å². The monoisotopic (exact) mass is 353 g/mol. The number of nitrogens with zero attached hydrogens (tertiary/aromatic N) is 6. The Morgan fingerprint density at radius 3 is 2.84 bits per heavy atom. The number of hydrogen-bond donors (Lipinski definition) is 1. The van der Waals surface area contributed by atoms with E-state index in [0.717, 1.165) is 12.4 Å². The van der Waals surface area contributed by atoms with Crippen molar-refractivity contribution in [3.05, 3.63) is 42.1 Å². The van der Waals surface area contributed by atoms with Gasteiger partial charge in [0, 0.05) is 19.3 Å². The summed E-state index contributed by atoms with van der Waals surface area (Å²) in [6.45, 7) is 2.32. The summed E-state index contributed by atoms with van der Waals surface area (Å²) in [4.78, 5) is 12.1. The average Bonchev–Trinajstić information content (AvgIpc) is 3.20. The van der Waals surface area contributed by atoms with Gasteiger partial charge in [-0.25, -0.2) is 4.52 Å². The third kappa shape index (κ3) is 3.92. The highest BCUT2D eigenvalue weighted by molar-refractivity contribution is 5.94. The Bertz CT molecular complexity index is 886. The largest absolute Gasteiger partial charge is 0.419 e. The highest BCUT2D eigenvalue weighted by Gasteiger charge is 2.32. The number of alkyl halides is 3. The number of rotatable bonds is 5. The summed E-state index contributed by atoms with van der Waals surface area (Å²) in [5.74, 6) is -0.462. The van der Waals surface area contributed by atoms with Crippen molar-refractivity contribution in [2.45, 2.75) is 19.6 Å². The summed E-state index contributed by atoms with van der Waals surface area (Å²) in [7, 11) is 0. The lowest BCUT2D eigenvalue weighted by molar-refractivity contribution is -0.137. The summed E-state index contributed by atoms with van der Waals surface area (Å²) < 4.78 is 40.3. The number of fused-ring (bicyclic) bond motifs is 1. The van der Waals surface area contributed by atoms with Gasteiger partial charge in [-0.05, 0) is 12.0 Å². The van der Waals surface area contributed by atoms with Crippen LogP contribution in [0.4, 0.5) is 13.2 Å². The standard InChI is InChI=1S/C14H14F3N7O/c1-9(6-23-7-11(5-20-23)14(15,16)17)3-18-13(25)10-2-12-22-19-8-24(12)21-4-10/h2,4-5,7-9H,3,6H2,1H3,(H,18,25). The molecule has 11 heteroatoms. The quantitative estimate of drug-likeness (QED) is 0.749. The van der Waals surface area contributed by atoms with E-state index in [-0.39, 0.29) is 24.9 Å². The van der Waals surface area contributed by atoms with Crippen LogP contribution in [0.5, 0.6) is 0 Å². The molecule has 3 aromatic rings. The molecule has 0 spiro atoms. The zero-order valence-electron chi connectivity index (χ0n) is 13.1. The van der Waals surface area contributed by atoms with E-state index in [1.165, 1.54) is 21.7 Å². The molecule has 0 saturated carbocycles. The molecule has 1 amide bonds. The predicted molar refractivity (Wildman–Crippen MR) is 79.5 cm³/mol. The van der Waals surface area contributed by atoms with E-state index in [0.29, 0.717) is 11.2 Å². The van der Waals surface area contributed by atoms with Crippen LogP contribution in [0.15, 0.2) is 31.0 Å². The zero-order valence-corrected chi connectivity index (χ0v) is 13.1. The van der Waals surface area contributed by atoms with E-state index in [4.69, 9.17) is 0 Å². The van der Waals surface area contributed by atoms with Crippen molar-refractivity contribution in [2.75, 3.05) is 6.54 Å². The number of aromatic nitrogens is 6. The van der Waals surface area contributed by atoms with Gasteiger partial charge in [0.1, 0.15) is 6.33 Å². The van der Waals surface area contributed by atoms with Crippen LogP contribution in [0.2, 0.25) is 0 Å². The van der Waals surface area contributed by atoms with Crippen molar-refractivity contribution in [2.24, 2.45) is 5.92 Å². The second-order valence-electron chi connectivity index (χ2n) is 5.64. The number of amides is 1. The van der Waals surface area contributed by atoms with Crippen LogP contribution >= 0.6 is 0 Å². The number of carbonyl (C=O) groups is 1. The number of carbonyl (C=O) groups excluding carboxylic acids is 1. The minimum absolute atomic E-state index is 0.116. The van der Waals surface area contributed by atoms with Crippen molar-refractivity contribution >= 4 is 11.6 Å². The van der Waals surface area contributed by atoms with Crippen LogP contribution in [0.1, 0.15) is 22.8 Å². The highest BCUT2D eigenvalue weighted by atomic mass is 19.4. The van der Waals surface area contributed by atoms with E-state index in [1.54, 1.807) is 13.0 Å². The van der Waals surface area contributed by atoms with Gasteiger partial charge in [-0.1, -0.05) is 6.92 Å². The molecule has 0 aliphatic carbocycles. The van der Waals surface area contributed by atoms with Gasteiger partial charge in [-0.15, -0.1) is 10.2 Å². The molecule has 3 rings (SSSR count). The molecule has 0 fully saturated rings. The van der Waals surface area contributed by atoms with Gasteiger partial charge < -0.3 is 5.32 Å². The molecule has 0 radical (unpaired) electrons. The molecular weight excluding hydrogens is 339 g/mol. The van der Waals surface area contributed by atoms with Crippen molar-refractivity contribution in [3.63, 3.8) is 0 Å². The zero-order chi connectivity index (χ0) is 18.0. The summed E-state index contributed by atoms with van der Waals surface area (Å²) in [5, 5.41) is 17.9. The van der Waals surface area contributed by atoms with Crippen LogP contribution < -0.4 is 5.32 Å². The first kappa shape index (κ1) is 16.9. The first-order valence-corrected chi connectivity index (χ1v) is 7.37. The van der Waals surface area contributed by atoms with E-state index in [2.05, 4.69) is 25.7 Å². The molecule has 0 aromatic carbocycles. The maximum absolute atomic E-state index is 12.5. The van der Waals surface area contributed by atoms with Gasteiger partial charge in [0.2, 0.25) is 0 Å². The lowest BCUT2D eigenvalue weighted by Crippen LogP contribution is -2.30. The second-order valence-corrected chi connectivity index (χ2v) is 5.64.